The van der Waals surface area contributed by atoms with Crippen molar-refractivity contribution in [2.75, 3.05) is 4.90 Å². The molecule has 1 aliphatic heterocycles. The Morgan fingerprint density at radius 1 is 1.06 bits per heavy atom. The third-order valence-corrected chi connectivity index (χ3v) is 6.31. The number of thioether (sulfide) groups is 1. The van der Waals surface area contributed by atoms with E-state index in [-0.39, 0.29) is 11.7 Å². The third-order valence-electron chi connectivity index (χ3n) is 5.01. The number of ketones is 1. The molecule has 4 nitrogen and oxygen atoms in total. The molecule has 0 N–H and O–H groups in total. The molecule has 0 atom stereocenters. The van der Waals surface area contributed by atoms with Gasteiger partial charge in [0.1, 0.15) is 12.4 Å². The van der Waals surface area contributed by atoms with Gasteiger partial charge in [-0.05, 0) is 67.4 Å². The van der Waals surface area contributed by atoms with Crippen LogP contribution in [0, 0.1) is 6.92 Å². The van der Waals surface area contributed by atoms with Gasteiger partial charge in [-0.2, -0.15) is 0 Å². The lowest BCUT2D eigenvalue weighted by Crippen LogP contribution is -2.27. The number of carbonyl (C=O) groups excluding carboxylic acids is 2. The molecular formula is C26H21NO3S2. The fourth-order valence-corrected chi connectivity index (χ4v) is 4.53. The van der Waals surface area contributed by atoms with Crippen LogP contribution in [0.4, 0.5) is 5.69 Å². The molecule has 6 heteroatoms. The van der Waals surface area contributed by atoms with Gasteiger partial charge in [-0.1, -0.05) is 65.9 Å². The summed E-state index contributed by atoms with van der Waals surface area (Å²) in [5, 5.41) is 0. The van der Waals surface area contributed by atoms with Crippen LogP contribution < -0.4 is 9.64 Å². The van der Waals surface area contributed by atoms with E-state index in [0.29, 0.717) is 27.1 Å². The third kappa shape index (κ3) is 4.98. The quantitative estimate of drug-likeness (QED) is 0.250. The minimum absolute atomic E-state index is 0.0219. The summed E-state index contributed by atoms with van der Waals surface area (Å²) in [6.45, 7) is 4.04. The van der Waals surface area contributed by atoms with Crippen molar-refractivity contribution in [1.29, 1.82) is 0 Å². The van der Waals surface area contributed by atoms with Crippen molar-refractivity contribution >= 4 is 51.8 Å². The van der Waals surface area contributed by atoms with Crippen molar-refractivity contribution in [2.45, 2.75) is 20.5 Å². The summed E-state index contributed by atoms with van der Waals surface area (Å²) in [6.07, 6.45) is 1.82. The minimum Gasteiger partial charge on any atom is -0.489 e. The number of ether oxygens (including phenoxy) is 1. The van der Waals surface area contributed by atoms with Gasteiger partial charge in [0, 0.05) is 5.56 Å². The highest BCUT2D eigenvalue weighted by Gasteiger charge is 2.33. The molecule has 1 heterocycles. The Balaban J connectivity index is 1.49. The smallest absolute Gasteiger partial charge is 0.270 e. The van der Waals surface area contributed by atoms with Crippen LogP contribution in [0.25, 0.3) is 6.08 Å². The SMILES string of the molecule is CC(=O)c1ccc(N2C(=O)C(=Cc3cccc(OCc4ccc(C)cc4)c3)SC2=S)cc1. The summed E-state index contributed by atoms with van der Waals surface area (Å²) in [6, 6.07) is 22.7. The van der Waals surface area contributed by atoms with Gasteiger partial charge in [-0.15, -0.1) is 0 Å². The van der Waals surface area contributed by atoms with E-state index in [1.54, 1.807) is 24.3 Å². The molecule has 1 aliphatic rings. The Labute approximate surface area is 196 Å². The second-order valence-electron chi connectivity index (χ2n) is 7.47. The van der Waals surface area contributed by atoms with Crippen molar-refractivity contribution in [3.05, 3.63) is 100.0 Å². The standard InChI is InChI=1S/C26H21NO3S2/c1-17-6-8-19(9-7-17)16-30-23-5-3-4-20(14-23)15-24-25(29)27(26(31)32-24)22-12-10-21(11-13-22)18(2)28/h3-15H,16H2,1-2H3. The number of thiocarbonyl (C=S) groups is 1. The van der Waals surface area contributed by atoms with E-state index >= 15 is 0 Å². The molecule has 0 aromatic heterocycles. The number of rotatable bonds is 6. The largest absolute Gasteiger partial charge is 0.489 e. The molecule has 1 amide bonds. The molecule has 1 fully saturated rings. The lowest BCUT2D eigenvalue weighted by Gasteiger charge is -2.14. The molecule has 0 bridgehead atoms. The number of Topliss-reactive ketones (excluding diaryl/α,β-unsaturated/α-hetero) is 1. The van der Waals surface area contributed by atoms with Gasteiger partial charge >= 0.3 is 0 Å². The second-order valence-corrected chi connectivity index (χ2v) is 9.14. The first-order valence-corrected chi connectivity index (χ1v) is 11.3. The molecule has 160 valence electrons. The Hall–Kier alpha value is -3.22. The van der Waals surface area contributed by atoms with Crippen molar-refractivity contribution in [3.8, 4) is 5.75 Å². The van der Waals surface area contributed by atoms with Crippen molar-refractivity contribution in [2.24, 2.45) is 0 Å². The van der Waals surface area contributed by atoms with Crippen LogP contribution in [0.2, 0.25) is 0 Å². The number of aryl methyl sites for hydroxylation is 1. The van der Waals surface area contributed by atoms with Crippen LogP contribution in [0.3, 0.4) is 0 Å². The van der Waals surface area contributed by atoms with E-state index in [4.69, 9.17) is 17.0 Å². The predicted molar refractivity (Wildman–Crippen MR) is 134 cm³/mol. The Kier molecular flexibility index (Phi) is 6.53. The highest BCUT2D eigenvalue weighted by Crippen LogP contribution is 2.36. The van der Waals surface area contributed by atoms with Crippen molar-refractivity contribution in [1.82, 2.24) is 0 Å². The number of nitrogens with zero attached hydrogens (tertiary/aromatic N) is 1. The normalized spacial score (nSPS) is 14.8. The summed E-state index contributed by atoms with van der Waals surface area (Å²) < 4.78 is 6.38. The number of anilines is 1. The van der Waals surface area contributed by atoms with Gasteiger partial charge < -0.3 is 4.74 Å². The van der Waals surface area contributed by atoms with E-state index in [0.717, 1.165) is 16.9 Å². The number of amides is 1. The fraction of sp³-hybridized carbons (Fsp3) is 0.115. The summed E-state index contributed by atoms with van der Waals surface area (Å²) in [4.78, 5) is 26.6. The first-order valence-electron chi connectivity index (χ1n) is 10.1. The Morgan fingerprint density at radius 2 is 1.78 bits per heavy atom. The molecule has 32 heavy (non-hydrogen) atoms. The second kappa shape index (κ2) is 9.51. The number of carbonyl (C=O) groups is 2. The molecule has 0 unspecified atom stereocenters. The maximum atomic E-state index is 13.0. The van der Waals surface area contributed by atoms with Crippen molar-refractivity contribution < 1.29 is 14.3 Å². The molecule has 3 aromatic carbocycles. The fourth-order valence-electron chi connectivity index (χ4n) is 3.23. The monoisotopic (exact) mass is 459 g/mol. The molecule has 0 spiro atoms. The highest BCUT2D eigenvalue weighted by atomic mass is 32.2. The van der Waals surface area contributed by atoms with Gasteiger partial charge in [-0.3, -0.25) is 14.5 Å². The molecule has 1 saturated heterocycles. The first-order chi connectivity index (χ1) is 15.4. The van der Waals surface area contributed by atoms with Gasteiger partial charge in [-0.25, -0.2) is 0 Å². The highest BCUT2D eigenvalue weighted by molar-refractivity contribution is 8.27. The Morgan fingerprint density at radius 3 is 2.47 bits per heavy atom. The molecule has 0 radical (unpaired) electrons. The lowest BCUT2D eigenvalue weighted by molar-refractivity contribution is -0.113. The van der Waals surface area contributed by atoms with E-state index < -0.39 is 0 Å². The minimum atomic E-state index is -0.179. The van der Waals surface area contributed by atoms with Gasteiger partial charge in [0.25, 0.3) is 5.91 Å². The van der Waals surface area contributed by atoms with E-state index in [1.165, 1.54) is 29.1 Å². The molecule has 3 aromatic rings. The summed E-state index contributed by atoms with van der Waals surface area (Å²) in [5.74, 6) is 0.530. The van der Waals surface area contributed by atoms with Gasteiger partial charge in [0.05, 0.1) is 10.6 Å². The van der Waals surface area contributed by atoms with Crippen LogP contribution in [0.15, 0.2) is 77.7 Å². The zero-order valence-corrected chi connectivity index (χ0v) is 19.3. The molecular weight excluding hydrogens is 438 g/mol. The number of hydrogen-bond donors (Lipinski definition) is 0. The summed E-state index contributed by atoms with van der Waals surface area (Å²) in [7, 11) is 0. The zero-order valence-electron chi connectivity index (χ0n) is 17.7. The molecule has 4 rings (SSSR count). The first kappa shape index (κ1) is 22.0. The average molecular weight is 460 g/mol. The topological polar surface area (TPSA) is 46.6 Å². The van der Waals surface area contributed by atoms with Crippen LogP contribution in [-0.4, -0.2) is 16.0 Å². The average Bonchev–Trinajstić information content (AvgIpc) is 3.06. The van der Waals surface area contributed by atoms with Crippen LogP contribution in [0.1, 0.15) is 34.0 Å². The van der Waals surface area contributed by atoms with Crippen molar-refractivity contribution in [3.63, 3.8) is 0 Å². The van der Waals surface area contributed by atoms with E-state index in [2.05, 4.69) is 19.1 Å². The predicted octanol–water partition coefficient (Wildman–Crippen LogP) is 6.18. The maximum absolute atomic E-state index is 13.0. The summed E-state index contributed by atoms with van der Waals surface area (Å²) >= 11 is 6.70. The van der Waals surface area contributed by atoms with Gasteiger partial charge in [0.15, 0.2) is 10.1 Å². The van der Waals surface area contributed by atoms with E-state index in [1.807, 2.05) is 42.5 Å². The summed E-state index contributed by atoms with van der Waals surface area (Å²) in [5.41, 5.74) is 4.41. The van der Waals surface area contributed by atoms with Crippen LogP contribution >= 0.6 is 24.0 Å². The van der Waals surface area contributed by atoms with Crippen LogP contribution in [0.5, 0.6) is 5.75 Å². The van der Waals surface area contributed by atoms with Gasteiger partial charge in [0.2, 0.25) is 0 Å². The molecule has 0 saturated carbocycles. The zero-order chi connectivity index (χ0) is 22.7. The van der Waals surface area contributed by atoms with Crippen LogP contribution in [-0.2, 0) is 11.4 Å². The Bertz CT molecular complexity index is 1210. The number of hydrogen-bond acceptors (Lipinski definition) is 5. The molecule has 0 aliphatic carbocycles. The maximum Gasteiger partial charge on any atom is 0.270 e. The number of benzene rings is 3. The lowest BCUT2D eigenvalue weighted by atomic mass is 10.1. The van der Waals surface area contributed by atoms with E-state index in [9.17, 15) is 9.59 Å².